The SMILES string of the molecule is CC(C)C(NCc1cc[nH]c1)c1ccc(Cl)cc1. The van der Waals surface area contributed by atoms with Crippen molar-refractivity contribution < 1.29 is 0 Å². The zero-order valence-electron chi connectivity index (χ0n) is 10.8. The van der Waals surface area contributed by atoms with Gasteiger partial charge in [0.2, 0.25) is 0 Å². The quantitative estimate of drug-likeness (QED) is 0.832. The van der Waals surface area contributed by atoms with Gasteiger partial charge in [0.1, 0.15) is 0 Å². The minimum atomic E-state index is 0.345. The second-order valence-corrected chi connectivity index (χ2v) is 5.31. The third-order valence-corrected chi connectivity index (χ3v) is 3.34. The number of rotatable bonds is 5. The molecule has 1 aromatic heterocycles. The molecular formula is C15H19ClN2. The van der Waals surface area contributed by atoms with Crippen LogP contribution in [0.25, 0.3) is 0 Å². The predicted molar refractivity (Wildman–Crippen MR) is 76.7 cm³/mol. The van der Waals surface area contributed by atoms with Gasteiger partial charge in [0.05, 0.1) is 0 Å². The Morgan fingerprint density at radius 1 is 1.17 bits per heavy atom. The van der Waals surface area contributed by atoms with Crippen LogP contribution in [0.3, 0.4) is 0 Å². The molecule has 0 saturated heterocycles. The molecule has 1 unspecified atom stereocenters. The number of hydrogen-bond donors (Lipinski definition) is 2. The molecule has 2 rings (SSSR count). The number of aromatic nitrogens is 1. The topological polar surface area (TPSA) is 27.8 Å². The molecule has 0 aliphatic heterocycles. The maximum absolute atomic E-state index is 5.93. The lowest BCUT2D eigenvalue weighted by Gasteiger charge is -2.23. The van der Waals surface area contributed by atoms with Crippen LogP contribution in [0.2, 0.25) is 5.02 Å². The number of hydrogen-bond acceptors (Lipinski definition) is 1. The van der Waals surface area contributed by atoms with E-state index in [0.717, 1.165) is 11.6 Å². The van der Waals surface area contributed by atoms with Crippen LogP contribution in [0.15, 0.2) is 42.7 Å². The van der Waals surface area contributed by atoms with Crippen LogP contribution in [-0.4, -0.2) is 4.98 Å². The van der Waals surface area contributed by atoms with Crippen LogP contribution >= 0.6 is 11.6 Å². The van der Waals surface area contributed by atoms with E-state index in [0.29, 0.717) is 12.0 Å². The van der Waals surface area contributed by atoms with Crippen molar-refractivity contribution in [2.75, 3.05) is 0 Å². The van der Waals surface area contributed by atoms with Crippen molar-refractivity contribution in [2.45, 2.75) is 26.4 Å². The van der Waals surface area contributed by atoms with Crippen LogP contribution in [0.4, 0.5) is 0 Å². The Hall–Kier alpha value is -1.25. The fourth-order valence-corrected chi connectivity index (χ4v) is 2.23. The summed E-state index contributed by atoms with van der Waals surface area (Å²) in [6.07, 6.45) is 3.97. The Kier molecular flexibility index (Phi) is 4.45. The Bertz CT molecular complexity index is 460. The summed E-state index contributed by atoms with van der Waals surface area (Å²) in [4.78, 5) is 3.07. The van der Waals surface area contributed by atoms with E-state index in [1.54, 1.807) is 0 Å². The second kappa shape index (κ2) is 6.07. The molecule has 2 N–H and O–H groups in total. The summed E-state index contributed by atoms with van der Waals surface area (Å²) in [5.41, 5.74) is 2.56. The molecule has 2 aromatic rings. The van der Waals surface area contributed by atoms with Crippen LogP contribution < -0.4 is 5.32 Å². The van der Waals surface area contributed by atoms with Crippen LogP contribution in [0, 0.1) is 5.92 Å². The van der Waals surface area contributed by atoms with E-state index in [4.69, 9.17) is 11.6 Å². The van der Waals surface area contributed by atoms with Gasteiger partial charge in [-0.25, -0.2) is 0 Å². The van der Waals surface area contributed by atoms with Gasteiger partial charge in [-0.1, -0.05) is 37.6 Å². The summed E-state index contributed by atoms with van der Waals surface area (Å²) in [5.74, 6) is 0.533. The van der Waals surface area contributed by atoms with E-state index in [9.17, 15) is 0 Å². The molecule has 1 atom stereocenters. The van der Waals surface area contributed by atoms with Crippen LogP contribution in [0.1, 0.15) is 31.0 Å². The van der Waals surface area contributed by atoms with Crippen molar-refractivity contribution in [3.8, 4) is 0 Å². The molecule has 0 amide bonds. The molecule has 0 aliphatic rings. The van der Waals surface area contributed by atoms with Gasteiger partial charge < -0.3 is 10.3 Å². The zero-order valence-corrected chi connectivity index (χ0v) is 11.5. The van der Waals surface area contributed by atoms with Crippen molar-refractivity contribution in [1.82, 2.24) is 10.3 Å². The van der Waals surface area contributed by atoms with E-state index in [1.165, 1.54) is 11.1 Å². The first-order valence-electron chi connectivity index (χ1n) is 6.27. The van der Waals surface area contributed by atoms with Crippen molar-refractivity contribution in [1.29, 1.82) is 0 Å². The van der Waals surface area contributed by atoms with Crippen molar-refractivity contribution in [3.63, 3.8) is 0 Å². The number of nitrogens with one attached hydrogen (secondary N) is 2. The molecule has 0 fully saturated rings. The Balaban J connectivity index is 2.06. The molecule has 0 spiro atoms. The monoisotopic (exact) mass is 262 g/mol. The summed E-state index contributed by atoms with van der Waals surface area (Å²) in [7, 11) is 0. The maximum Gasteiger partial charge on any atom is 0.0406 e. The zero-order chi connectivity index (χ0) is 13.0. The van der Waals surface area contributed by atoms with Gasteiger partial charge in [0.15, 0.2) is 0 Å². The fraction of sp³-hybridized carbons (Fsp3) is 0.333. The second-order valence-electron chi connectivity index (χ2n) is 4.87. The minimum absolute atomic E-state index is 0.345. The number of benzene rings is 1. The van der Waals surface area contributed by atoms with Crippen molar-refractivity contribution in [3.05, 3.63) is 58.9 Å². The van der Waals surface area contributed by atoms with E-state index >= 15 is 0 Å². The summed E-state index contributed by atoms with van der Waals surface area (Å²) in [6.45, 7) is 5.32. The lowest BCUT2D eigenvalue weighted by atomic mass is 9.96. The first-order valence-corrected chi connectivity index (χ1v) is 6.65. The highest BCUT2D eigenvalue weighted by Crippen LogP contribution is 2.23. The van der Waals surface area contributed by atoms with Crippen molar-refractivity contribution >= 4 is 11.6 Å². The Labute approximate surface area is 113 Å². The molecule has 96 valence electrons. The number of H-pyrrole nitrogens is 1. The van der Waals surface area contributed by atoms with Gasteiger partial charge in [-0.3, -0.25) is 0 Å². The van der Waals surface area contributed by atoms with Gasteiger partial charge in [-0.05, 0) is 35.2 Å². The number of aromatic amines is 1. The minimum Gasteiger partial charge on any atom is -0.367 e. The summed E-state index contributed by atoms with van der Waals surface area (Å²) < 4.78 is 0. The third-order valence-electron chi connectivity index (χ3n) is 3.08. The molecule has 1 aromatic carbocycles. The van der Waals surface area contributed by atoms with E-state index < -0.39 is 0 Å². The molecular weight excluding hydrogens is 244 g/mol. The van der Waals surface area contributed by atoms with Gasteiger partial charge >= 0.3 is 0 Å². The highest BCUT2D eigenvalue weighted by atomic mass is 35.5. The first kappa shape index (κ1) is 13.2. The van der Waals surface area contributed by atoms with E-state index in [-0.39, 0.29) is 0 Å². The Morgan fingerprint density at radius 3 is 2.44 bits per heavy atom. The normalized spacial score (nSPS) is 12.9. The molecule has 0 saturated carbocycles. The number of halogens is 1. The summed E-state index contributed by atoms with van der Waals surface area (Å²) >= 11 is 5.93. The summed E-state index contributed by atoms with van der Waals surface area (Å²) in [6, 6.07) is 10.5. The molecule has 0 radical (unpaired) electrons. The maximum atomic E-state index is 5.93. The van der Waals surface area contributed by atoms with Crippen molar-refractivity contribution in [2.24, 2.45) is 5.92 Å². The van der Waals surface area contributed by atoms with Crippen LogP contribution in [-0.2, 0) is 6.54 Å². The summed E-state index contributed by atoms with van der Waals surface area (Å²) in [5, 5.41) is 4.38. The molecule has 0 aliphatic carbocycles. The van der Waals surface area contributed by atoms with Gasteiger partial charge in [-0.2, -0.15) is 0 Å². The molecule has 18 heavy (non-hydrogen) atoms. The molecule has 2 nitrogen and oxygen atoms in total. The third kappa shape index (κ3) is 3.37. The largest absolute Gasteiger partial charge is 0.367 e. The van der Waals surface area contributed by atoms with E-state index in [1.807, 2.05) is 24.5 Å². The van der Waals surface area contributed by atoms with E-state index in [2.05, 4.69) is 42.3 Å². The van der Waals surface area contributed by atoms with Gasteiger partial charge in [-0.15, -0.1) is 0 Å². The molecule has 0 bridgehead atoms. The smallest absolute Gasteiger partial charge is 0.0406 e. The molecule has 1 heterocycles. The Morgan fingerprint density at radius 2 is 1.89 bits per heavy atom. The highest BCUT2D eigenvalue weighted by molar-refractivity contribution is 6.30. The lowest BCUT2D eigenvalue weighted by molar-refractivity contribution is 0.411. The average Bonchev–Trinajstić information content (AvgIpc) is 2.84. The van der Waals surface area contributed by atoms with Crippen LogP contribution in [0.5, 0.6) is 0 Å². The fourth-order valence-electron chi connectivity index (χ4n) is 2.10. The average molecular weight is 263 g/mol. The molecule has 3 heteroatoms. The lowest BCUT2D eigenvalue weighted by Crippen LogP contribution is -2.25. The standard InChI is InChI=1S/C15H19ClN2/c1-11(2)15(13-3-5-14(16)6-4-13)18-10-12-7-8-17-9-12/h3-9,11,15,17-18H,10H2,1-2H3. The highest BCUT2D eigenvalue weighted by Gasteiger charge is 2.14. The van der Waals surface area contributed by atoms with Gasteiger partial charge in [0.25, 0.3) is 0 Å². The first-order chi connectivity index (χ1) is 8.66. The van der Waals surface area contributed by atoms with Gasteiger partial charge in [0, 0.05) is 30.0 Å². The predicted octanol–water partition coefficient (Wildman–Crippen LogP) is 4.16.